The molecule has 1 aliphatic carbocycles. The molecule has 33 heavy (non-hydrogen) atoms. The van der Waals surface area contributed by atoms with Gasteiger partial charge in [-0.15, -0.1) is 0 Å². The minimum absolute atomic E-state index is 0.0417. The zero-order chi connectivity index (χ0) is 23.7. The maximum absolute atomic E-state index is 13.6. The number of nitrogens with one attached hydrogen (secondary N) is 3. The number of hydrogen-bond acceptors (Lipinski definition) is 3. The Kier molecular flexibility index (Phi) is 9.07. The van der Waals surface area contributed by atoms with Crippen LogP contribution in [0.1, 0.15) is 64.0 Å². The van der Waals surface area contributed by atoms with E-state index in [1.165, 1.54) is 6.42 Å². The Balaban J connectivity index is 1.73. The fourth-order valence-corrected chi connectivity index (χ4v) is 4.34. The highest BCUT2D eigenvalue weighted by molar-refractivity contribution is 5.92. The van der Waals surface area contributed by atoms with Crippen molar-refractivity contribution in [2.24, 2.45) is 5.92 Å². The summed E-state index contributed by atoms with van der Waals surface area (Å²) < 4.78 is 0. The molecule has 1 aliphatic rings. The minimum atomic E-state index is -0.810. The largest absolute Gasteiger partial charge is 0.352 e. The molecule has 5 heteroatoms. The van der Waals surface area contributed by atoms with Gasteiger partial charge in [-0.2, -0.15) is 0 Å². The van der Waals surface area contributed by atoms with Crippen LogP contribution in [0.4, 0.5) is 0 Å². The Morgan fingerprint density at radius 2 is 1.48 bits per heavy atom. The van der Waals surface area contributed by atoms with E-state index in [4.69, 9.17) is 0 Å². The second-order valence-electron chi connectivity index (χ2n) is 9.76. The Morgan fingerprint density at radius 3 is 2.06 bits per heavy atom. The summed E-state index contributed by atoms with van der Waals surface area (Å²) in [6.07, 6.45) is 6.03. The number of carbonyl (C=O) groups is 2. The molecular formula is C28H39N3O2. The quantitative estimate of drug-likeness (QED) is 0.505. The first kappa shape index (κ1) is 25.0. The van der Waals surface area contributed by atoms with Gasteiger partial charge in [0.1, 0.15) is 6.04 Å². The second-order valence-corrected chi connectivity index (χ2v) is 9.76. The first-order valence-corrected chi connectivity index (χ1v) is 12.3. The summed E-state index contributed by atoms with van der Waals surface area (Å²) in [4.78, 5) is 26.9. The molecule has 0 spiro atoms. The molecule has 0 aromatic heterocycles. The van der Waals surface area contributed by atoms with E-state index >= 15 is 0 Å². The molecule has 1 fully saturated rings. The van der Waals surface area contributed by atoms with Crippen molar-refractivity contribution < 1.29 is 9.59 Å². The molecule has 2 atom stereocenters. The summed E-state index contributed by atoms with van der Waals surface area (Å²) in [5, 5.41) is 9.77. The molecule has 2 aromatic carbocycles. The SMILES string of the molecule is CC(C)[C@@](C)(NCc1ccccc1)C(=O)N[C@@H](Cc1ccccc1)C(=O)NC1CCCCC1. The van der Waals surface area contributed by atoms with E-state index in [0.29, 0.717) is 13.0 Å². The molecule has 3 rings (SSSR count). The highest BCUT2D eigenvalue weighted by Gasteiger charge is 2.38. The van der Waals surface area contributed by atoms with Gasteiger partial charge in [-0.25, -0.2) is 0 Å². The van der Waals surface area contributed by atoms with Gasteiger partial charge in [0.15, 0.2) is 0 Å². The van der Waals surface area contributed by atoms with Gasteiger partial charge in [0.25, 0.3) is 0 Å². The molecule has 2 amide bonds. The lowest BCUT2D eigenvalue weighted by atomic mass is 9.86. The molecule has 1 saturated carbocycles. The van der Waals surface area contributed by atoms with E-state index in [9.17, 15) is 9.59 Å². The maximum atomic E-state index is 13.6. The van der Waals surface area contributed by atoms with Crippen LogP contribution in [0.15, 0.2) is 60.7 Å². The normalized spacial score (nSPS) is 17.2. The van der Waals surface area contributed by atoms with Crippen molar-refractivity contribution in [2.75, 3.05) is 0 Å². The topological polar surface area (TPSA) is 70.2 Å². The predicted molar refractivity (Wildman–Crippen MR) is 134 cm³/mol. The predicted octanol–water partition coefficient (Wildman–Crippen LogP) is 4.37. The molecule has 5 nitrogen and oxygen atoms in total. The monoisotopic (exact) mass is 449 g/mol. The third-order valence-electron chi connectivity index (χ3n) is 6.98. The van der Waals surface area contributed by atoms with Crippen LogP contribution < -0.4 is 16.0 Å². The first-order chi connectivity index (χ1) is 15.9. The van der Waals surface area contributed by atoms with Crippen molar-refractivity contribution in [3.8, 4) is 0 Å². The molecule has 0 bridgehead atoms. The van der Waals surface area contributed by atoms with Gasteiger partial charge in [-0.3, -0.25) is 14.9 Å². The standard InChI is InChI=1S/C28H39N3O2/c1-21(2)28(3,29-20-23-15-9-5-10-16-23)27(33)31-25(19-22-13-7-4-8-14-22)26(32)30-24-17-11-6-12-18-24/h4-5,7-10,13-16,21,24-25,29H,6,11-12,17-20H2,1-3H3,(H,30,32)(H,31,33)/t25-,28+/m0/s1. The average Bonchev–Trinajstić information content (AvgIpc) is 2.83. The van der Waals surface area contributed by atoms with E-state index in [1.54, 1.807) is 0 Å². The zero-order valence-electron chi connectivity index (χ0n) is 20.3. The van der Waals surface area contributed by atoms with Gasteiger partial charge in [0, 0.05) is 19.0 Å². The van der Waals surface area contributed by atoms with Gasteiger partial charge >= 0.3 is 0 Å². The summed E-state index contributed by atoms with van der Waals surface area (Å²) in [6, 6.07) is 19.5. The number of hydrogen-bond donors (Lipinski definition) is 3. The van der Waals surface area contributed by atoms with Gasteiger partial charge < -0.3 is 10.6 Å². The van der Waals surface area contributed by atoms with E-state index in [-0.39, 0.29) is 23.8 Å². The molecule has 0 saturated heterocycles. The first-order valence-electron chi connectivity index (χ1n) is 12.3. The highest BCUT2D eigenvalue weighted by Crippen LogP contribution is 2.20. The van der Waals surface area contributed by atoms with Crippen molar-refractivity contribution in [1.29, 1.82) is 0 Å². The number of carbonyl (C=O) groups excluding carboxylic acids is 2. The fraction of sp³-hybridized carbons (Fsp3) is 0.500. The Labute approximate surface area is 198 Å². The maximum Gasteiger partial charge on any atom is 0.243 e. The molecule has 3 N–H and O–H groups in total. The number of rotatable bonds is 10. The summed E-state index contributed by atoms with van der Waals surface area (Å²) in [7, 11) is 0. The smallest absolute Gasteiger partial charge is 0.243 e. The van der Waals surface area contributed by atoms with Crippen LogP contribution in [0.3, 0.4) is 0 Å². The molecular weight excluding hydrogens is 410 g/mol. The Morgan fingerprint density at radius 1 is 0.909 bits per heavy atom. The highest BCUT2D eigenvalue weighted by atomic mass is 16.2. The van der Waals surface area contributed by atoms with E-state index in [2.05, 4.69) is 16.0 Å². The summed E-state index contributed by atoms with van der Waals surface area (Å²) in [5.74, 6) is -0.193. The average molecular weight is 450 g/mol. The van der Waals surface area contributed by atoms with Crippen LogP contribution in [-0.2, 0) is 22.6 Å². The lowest BCUT2D eigenvalue weighted by Gasteiger charge is -2.35. The van der Waals surface area contributed by atoms with Crippen molar-refractivity contribution in [3.63, 3.8) is 0 Å². The van der Waals surface area contributed by atoms with Crippen molar-refractivity contribution >= 4 is 11.8 Å². The molecule has 0 aliphatic heterocycles. The molecule has 178 valence electrons. The van der Waals surface area contributed by atoms with Crippen LogP contribution in [-0.4, -0.2) is 29.4 Å². The van der Waals surface area contributed by atoms with Crippen molar-refractivity contribution in [2.45, 2.75) is 83.5 Å². The van der Waals surface area contributed by atoms with E-state index < -0.39 is 11.6 Å². The van der Waals surface area contributed by atoms with E-state index in [0.717, 1.165) is 36.8 Å². The molecule has 0 unspecified atom stereocenters. The summed E-state index contributed by atoms with van der Waals surface area (Å²) in [6.45, 7) is 6.58. The minimum Gasteiger partial charge on any atom is -0.352 e. The van der Waals surface area contributed by atoms with Crippen molar-refractivity contribution in [1.82, 2.24) is 16.0 Å². The van der Waals surface area contributed by atoms with Crippen LogP contribution >= 0.6 is 0 Å². The van der Waals surface area contributed by atoms with Crippen LogP contribution in [0.5, 0.6) is 0 Å². The second kappa shape index (κ2) is 12.0. The van der Waals surface area contributed by atoms with Gasteiger partial charge in [0.2, 0.25) is 11.8 Å². The van der Waals surface area contributed by atoms with Gasteiger partial charge in [-0.05, 0) is 36.8 Å². The lowest BCUT2D eigenvalue weighted by molar-refractivity contribution is -0.134. The van der Waals surface area contributed by atoms with Gasteiger partial charge in [-0.1, -0.05) is 93.8 Å². The third kappa shape index (κ3) is 7.16. The molecule has 0 heterocycles. The third-order valence-corrected chi connectivity index (χ3v) is 6.98. The Bertz CT molecular complexity index is 879. The van der Waals surface area contributed by atoms with Crippen LogP contribution in [0.25, 0.3) is 0 Å². The van der Waals surface area contributed by atoms with Crippen LogP contribution in [0, 0.1) is 5.92 Å². The van der Waals surface area contributed by atoms with Gasteiger partial charge in [0.05, 0.1) is 5.54 Å². The summed E-state index contributed by atoms with van der Waals surface area (Å²) >= 11 is 0. The Hall–Kier alpha value is -2.66. The summed E-state index contributed by atoms with van der Waals surface area (Å²) in [5.41, 5.74) is 1.34. The lowest BCUT2D eigenvalue weighted by Crippen LogP contribution is -2.62. The molecule has 2 aromatic rings. The van der Waals surface area contributed by atoms with Crippen molar-refractivity contribution in [3.05, 3.63) is 71.8 Å². The number of amides is 2. The number of benzene rings is 2. The van der Waals surface area contributed by atoms with Crippen LogP contribution in [0.2, 0.25) is 0 Å². The fourth-order valence-electron chi connectivity index (χ4n) is 4.34. The molecule has 0 radical (unpaired) electrons. The zero-order valence-corrected chi connectivity index (χ0v) is 20.3. The van der Waals surface area contributed by atoms with E-state index in [1.807, 2.05) is 81.4 Å².